The summed E-state index contributed by atoms with van der Waals surface area (Å²) in [4.78, 5) is 266. The maximum atomic E-state index is 15.0. The van der Waals surface area contributed by atoms with Crippen molar-refractivity contribution >= 4 is 126 Å². The minimum Gasteiger partial charge on any atom is -0.508 e. The van der Waals surface area contributed by atoms with E-state index < -0.39 is 239 Å². The normalized spacial score (nSPS) is 19.1. The molecule has 126 heavy (non-hydrogen) atoms. The van der Waals surface area contributed by atoms with Gasteiger partial charge in [-0.3, -0.25) is 86.5 Å². The van der Waals surface area contributed by atoms with Crippen LogP contribution >= 0.6 is 19.6 Å². The molecule has 0 bridgehead atoms. The first-order valence-corrected chi connectivity index (χ1v) is 45.2. The number of hydrogen-bond donors (Lipinski definition) is 20. The Morgan fingerprint density at radius 1 is 0.516 bits per heavy atom. The van der Waals surface area contributed by atoms with Crippen LogP contribution in [-0.2, 0) is 98.9 Å². The maximum absolute atomic E-state index is 15.0. The Kier molecular flexibility index (Phi) is 41.8. The fourth-order valence-corrected chi connectivity index (χ4v) is 17.1. The number of urea groups is 1. The van der Waals surface area contributed by atoms with Crippen molar-refractivity contribution < 1.29 is 131 Å². The summed E-state index contributed by atoms with van der Waals surface area (Å²) in [6.07, 6.45) is -1.37. The predicted molar refractivity (Wildman–Crippen MR) is 452 cm³/mol. The van der Waals surface area contributed by atoms with Gasteiger partial charge in [0.15, 0.2) is 0 Å². The summed E-state index contributed by atoms with van der Waals surface area (Å²) in [6, 6.07) is -7.11. The lowest BCUT2D eigenvalue weighted by molar-refractivity contribution is -0.144. The molecule has 44 heteroatoms. The fraction of sp³-hybridized carbons (Fsp3) is 0.634. The van der Waals surface area contributed by atoms with E-state index in [9.17, 15) is 121 Å². The summed E-state index contributed by atoms with van der Waals surface area (Å²) in [5.74, 6) is -18.7. The Morgan fingerprint density at radius 2 is 0.976 bits per heavy atom. The molecule has 4 heterocycles. The van der Waals surface area contributed by atoms with E-state index in [1.165, 1.54) is 41.3 Å². The van der Waals surface area contributed by atoms with Crippen molar-refractivity contribution in [3.63, 3.8) is 0 Å². The second kappa shape index (κ2) is 50.8. The first-order valence-electron chi connectivity index (χ1n) is 42.6. The topological polar surface area (TPSA) is 652 Å². The third-order valence-electron chi connectivity index (χ3n) is 22.4. The standard InChI is InChI=1S/C82H122N15O27PS/c1-7-45(5)68(78(115)90-56(41-47-21-25-49(98)26-22-47)75(112)91-57(81(118)119)40-44(3)4)93-77(114)60-17-15-39-97(60)80(117)69(46(6)8-2)94-73(110)53(31-35-66(104)105)86-71(108)52(30-34-65(102)103)87-74(111)55(42-48-23-27-50(28-24-48)124-125(121,122)123)89-72(109)51(29-33-62(83)99)88-76(113)59-16-14-38-96(59)79(116)54(32-36-67(106)107)85-64(101)20-10-9-13-37-84-63(100)19-12-11-18-61-70-58(43-126-61)92-82(120)95-70/h21-28,44-46,51-61,68-70,98H,7-20,29-43H2,1-6H3,(H2,83,99)(H,84,100)(H,85,101)(H,86,108)(H,87,111)(H,88,113)(H,89,109)(H,90,115)(H,91,112)(H,93,114)(H,94,110)(H,102,103)(H,104,105)(H,106,107)(H,118,119)(H2,92,95,120)(H2,121,122,123)/t45-,46-,51-,52-,53-,54-,55-,56-,57-,58-,59-,60-,61-,68-,69-,70-/m0/s1. The fourth-order valence-electron chi connectivity index (χ4n) is 15.1. The number of fused-ring (bicyclic) bond motifs is 1. The van der Waals surface area contributed by atoms with Gasteiger partial charge >= 0.3 is 37.7 Å². The van der Waals surface area contributed by atoms with Crippen molar-refractivity contribution in [1.82, 2.24) is 73.6 Å². The molecule has 0 unspecified atom stereocenters. The van der Waals surface area contributed by atoms with Crippen molar-refractivity contribution in [1.29, 1.82) is 0 Å². The molecule has 698 valence electrons. The number of nitrogens with one attached hydrogen (secondary N) is 12. The third kappa shape index (κ3) is 34.3. The van der Waals surface area contributed by atoms with Crippen LogP contribution in [0.15, 0.2) is 48.5 Å². The number of aliphatic carboxylic acids is 4. The summed E-state index contributed by atoms with van der Waals surface area (Å²) in [5, 5.41) is 81.3. The molecule has 0 aliphatic carbocycles. The van der Waals surface area contributed by atoms with E-state index in [1.54, 1.807) is 53.3 Å². The lowest BCUT2D eigenvalue weighted by atomic mass is 9.95. The van der Waals surface area contributed by atoms with Crippen LogP contribution in [0.25, 0.3) is 0 Å². The van der Waals surface area contributed by atoms with Crippen molar-refractivity contribution in [2.24, 2.45) is 23.5 Å². The average molecular weight is 1810 g/mol. The number of carbonyl (C=O) groups is 18. The maximum Gasteiger partial charge on any atom is 0.524 e. The number of primary amides is 1. The van der Waals surface area contributed by atoms with Crippen LogP contribution in [0, 0.1) is 17.8 Å². The first-order chi connectivity index (χ1) is 59.5. The summed E-state index contributed by atoms with van der Waals surface area (Å²) >= 11 is 1.79. The monoisotopic (exact) mass is 1810 g/mol. The number of carbonyl (C=O) groups excluding carboxylic acids is 14. The van der Waals surface area contributed by atoms with Gasteiger partial charge in [-0.2, -0.15) is 11.8 Å². The van der Waals surface area contributed by atoms with Gasteiger partial charge in [-0.15, -0.1) is 0 Å². The number of unbranched alkanes of at least 4 members (excludes halogenated alkanes) is 3. The van der Waals surface area contributed by atoms with E-state index in [1.807, 2.05) is 0 Å². The predicted octanol–water partition coefficient (Wildman–Crippen LogP) is 0.479. The molecule has 0 spiro atoms. The van der Waals surface area contributed by atoms with E-state index in [0.717, 1.165) is 35.6 Å². The Bertz CT molecular complexity index is 4220. The highest BCUT2D eigenvalue weighted by atomic mass is 32.2. The number of phenols is 1. The number of likely N-dealkylation sites (tertiary alicyclic amines) is 2. The van der Waals surface area contributed by atoms with Gasteiger partial charge < -0.3 is 109 Å². The Balaban J connectivity index is 1.17. The van der Waals surface area contributed by atoms with Crippen molar-refractivity contribution in [2.45, 2.75) is 286 Å². The van der Waals surface area contributed by atoms with Crippen LogP contribution in [0.1, 0.15) is 200 Å². The van der Waals surface area contributed by atoms with Crippen LogP contribution < -0.4 is 74.1 Å². The highest BCUT2D eigenvalue weighted by Gasteiger charge is 2.46. The van der Waals surface area contributed by atoms with Gasteiger partial charge in [0, 0.05) is 82.0 Å². The number of nitrogens with two attached hydrogens (primary N) is 1. The van der Waals surface area contributed by atoms with Crippen molar-refractivity contribution in [3.05, 3.63) is 59.7 Å². The number of amides is 15. The number of aromatic hydroxyl groups is 1. The van der Waals surface area contributed by atoms with E-state index in [-0.39, 0.29) is 123 Å². The SMILES string of the molecule is CC[C@H](C)[C@H](NC(=O)[C@@H]1CCCN1C(=O)[C@@H](NC(=O)[C@H](CCC(=O)O)NC(=O)[C@H](CCC(=O)O)NC(=O)[C@H](Cc1ccc(OP(=O)(O)O)cc1)NC(=O)[C@H](CCC(N)=O)NC(=O)[C@@H]1CCCN1C(=O)[C@H](CCC(=O)O)NC(=O)CCCCCNC(=O)CCCC[C@@H]1SC[C@@H]2NC(=O)N[C@@H]21)[C@@H](C)CC)C(=O)N[C@@H](Cc1ccc(O)cc1)C(=O)N[C@@H](CC(C)C)C(=O)O. The van der Waals surface area contributed by atoms with Crippen LogP contribution in [0.5, 0.6) is 11.5 Å². The van der Waals surface area contributed by atoms with Gasteiger partial charge in [0.25, 0.3) is 0 Å². The Morgan fingerprint density at radius 3 is 1.50 bits per heavy atom. The molecule has 21 N–H and O–H groups in total. The number of hydrogen-bond acceptors (Lipinski definition) is 22. The van der Waals surface area contributed by atoms with Gasteiger partial charge in [-0.1, -0.05) is 91.5 Å². The second-order valence-corrected chi connectivity index (χ2v) is 35.1. The molecule has 16 atom stereocenters. The molecule has 4 fully saturated rings. The molecule has 4 aliphatic rings. The lowest BCUT2D eigenvalue weighted by Gasteiger charge is -2.33. The number of phosphoric acid groups is 1. The molecule has 2 aromatic rings. The molecule has 6 rings (SSSR count). The van der Waals surface area contributed by atoms with E-state index in [4.69, 9.17) is 5.73 Å². The number of phenolic OH excluding ortho intramolecular Hbond substituents is 1. The molecule has 4 aliphatic heterocycles. The average Bonchev–Trinajstić information content (AvgIpc) is 1.64. The van der Waals surface area contributed by atoms with E-state index in [2.05, 4.69) is 68.3 Å². The van der Waals surface area contributed by atoms with Crippen molar-refractivity contribution in [3.8, 4) is 11.5 Å². The Hall–Kier alpha value is -11.2. The first kappa shape index (κ1) is 104. The van der Waals surface area contributed by atoms with E-state index in [0.29, 0.717) is 44.2 Å². The van der Waals surface area contributed by atoms with Gasteiger partial charge in [0.1, 0.15) is 78.0 Å². The Labute approximate surface area is 733 Å². The number of carboxylic acid groups (broad SMARTS) is 4. The second-order valence-electron chi connectivity index (χ2n) is 32.7. The van der Waals surface area contributed by atoms with Crippen LogP contribution in [0.3, 0.4) is 0 Å². The van der Waals surface area contributed by atoms with Gasteiger partial charge in [0.05, 0.1) is 12.1 Å². The molecule has 15 amide bonds. The molecular formula is C82H122N15O27PS. The number of nitrogens with zero attached hydrogens (tertiary/aromatic N) is 2. The smallest absolute Gasteiger partial charge is 0.508 e. The molecular weight excluding hydrogens is 1690 g/mol. The zero-order chi connectivity index (χ0) is 93.2. The lowest BCUT2D eigenvalue weighted by Crippen LogP contribution is -2.62. The zero-order valence-electron chi connectivity index (χ0n) is 71.6. The number of benzene rings is 2. The van der Waals surface area contributed by atoms with Crippen LogP contribution in [-0.4, -0.2) is 261 Å². The van der Waals surface area contributed by atoms with Crippen molar-refractivity contribution in [2.75, 3.05) is 25.4 Å². The number of carboxylic acids is 4. The van der Waals surface area contributed by atoms with Gasteiger partial charge in [-0.05, 0) is 137 Å². The summed E-state index contributed by atoms with van der Waals surface area (Å²) in [5.41, 5.74) is 6.10. The molecule has 4 saturated heterocycles. The van der Waals surface area contributed by atoms with Crippen LogP contribution in [0.4, 0.5) is 4.79 Å². The number of phosphoric ester groups is 1. The molecule has 0 radical (unpaired) electrons. The summed E-state index contributed by atoms with van der Waals surface area (Å²) in [7, 11) is -5.14. The van der Waals surface area contributed by atoms with Crippen LogP contribution in [0.2, 0.25) is 0 Å². The molecule has 0 saturated carbocycles. The zero-order valence-corrected chi connectivity index (χ0v) is 73.3. The highest BCUT2D eigenvalue weighted by molar-refractivity contribution is 8.00. The van der Waals surface area contributed by atoms with E-state index >= 15 is 4.79 Å². The van der Waals surface area contributed by atoms with Gasteiger partial charge in [0.2, 0.25) is 76.8 Å². The number of thioether (sulfide) groups is 1. The quantitative estimate of drug-likeness (QED) is 0.0243. The molecule has 42 nitrogen and oxygen atoms in total. The summed E-state index contributed by atoms with van der Waals surface area (Å²) in [6.45, 7) is 10.3. The third-order valence-corrected chi connectivity index (χ3v) is 24.4. The molecule has 0 aromatic heterocycles. The van der Waals surface area contributed by atoms with Gasteiger partial charge in [-0.25, -0.2) is 14.2 Å². The minimum atomic E-state index is -5.14. The minimum absolute atomic E-state index is 0.0400. The summed E-state index contributed by atoms with van der Waals surface area (Å²) < 4.78 is 16.4. The largest absolute Gasteiger partial charge is 0.524 e. The highest BCUT2D eigenvalue weighted by Crippen LogP contribution is 2.38. The molecule has 2 aromatic carbocycles. The number of rotatable bonds is 55.